The molecule has 0 spiro atoms. The highest BCUT2D eigenvalue weighted by atomic mass is 16.5. The van der Waals surface area contributed by atoms with Gasteiger partial charge in [0.1, 0.15) is 12.3 Å². The van der Waals surface area contributed by atoms with Crippen molar-refractivity contribution in [2.24, 2.45) is 0 Å². The number of carbonyl (C=O) groups excluding carboxylic acids is 1. The standard InChI is InChI=1S/C34H54NO3/c1-4-5-6-7-8-9-10-11-12-13-14-18-24-32-25-19-20-26-33(32)37-27-21-28-38-34(36)30-35(2,3)29-31-22-16-15-17-23-31/h15-17,19-20,22-23,25-26H,4-14,18,21,24,27-30H2,1-3H3/q+1. The molecule has 0 aliphatic heterocycles. The van der Waals surface area contributed by atoms with Crippen molar-refractivity contribution in [3.8, 4) is 5.75 Å². The van der Waals surface area contributed by atoms with Crippen molar-refractivity contribution in [3.05, 3.63) is 65.7 Å². The average Bonchev–Trinajstić information content (AvgIpc) is 2.90. The van der Waals surface area contributed by atoms with Crippen LogP contribution in [0.25, 0.3) is 0 Å². The summed E-state index contributed by atoms with van der Waals surface area (Å²) in [5.74, 6) is 0.820. The van der Waals surface area contributed by atoms with Crippen LogP contribution < -0.4 is 4.74 Å². The summed E-state index contributed by atoms with van der Waals surface area (Å²) in [6, 6.07) is 18.6. The third-order valence-corrected chi connectivity index (χ3v) is 7.09. The molecule has 2 aromatic carbocycles. The molecule has 0 saturated heterocycles. The minimum atomic E-state index is -0.154. The molecule has 0 aromatic heterocycles. The monoisotopic (exact) mass is 524 g/mol. The van der Waals surface area contributed by atoms with Gasteiger partial charge in [-0.25, -0.2) is 4.79 Å². The van der Waals surface area contributed by atoms with Crippen molar-refractivity contribution in [1.82, 2.24) is 0 Å². The third-order valence-electron chi connectivity index (χ3n) is 7.09. The van der Waals surface area contributed by atoms with Crippen molar-refractivity contribution in [2.75, 3.05) is 33.9 Å². The number of hydrogen-bond donors (Lipinski definition) is 0. The van der Waals surface area contributed by atoms with Crippen LogP contribution in [-0.2, 0) is 22.5 Å². The molecule has 2 rings (SSSR count). The summed E-state index contributed by atoms with van der Waals surface area (Å²) in [5.41, 5.74) is 2.51. The number of likely N-dealkylation sites (N-methyl/N-ethyl adjacent to an activating group) is 1. The van der Waals surface area contributed by atoms with E-state index < -0.39 is 0 Å². The van der Waals surface area contributed by atoms with Crippen LogP contribution in [0.15, 0.2) is 54.6 Å². The Morgan fingerprint density at radius 1 is 0.684 bits per heavy atom. The van der Waals surface area contributed by atoms with E-state index in [2.05, 4.69) is 51.4 Å². The summed E-state index contributed by atoms with van der Waals surface area (Å²) < 4.78 is 12.1. The summed E-state index contributed by atoms with van der Waals surface area (Å²) in [6.45, 7) is 4.39. The van der Waals surface area contributed by atoms with E-state index in [1.165, 1.54) is 88.2 Å². The normalized spacial score (nSPS) is 11.4. The molecule has 0 bridgehead atoms. The number of quaternary nitrogens is 1. The zero-order valence-electron chi connectivity index (χ0n) is 24.6. The first-order valence-electron chi connectivity index (χ1n) is 15.2. The second kappa shape index (κ2) is 19.7. The molecule has 4 nitrogen and oxygen atoms in total. The van der Waals surface area contributed by atoms with Gasteiger partial charge in [0.15, 0.2) is 6.54 Å². The summed E-state index contributed by atoms with van der Waals surface area (Å²) in [7, 11) is 4.12. The molecule has 0 aliphatic carbocycles. The number of nitrogens with zero attached hydrogens (tertiary/aromatic N) is 1. The van der Waals surface area contributed by atoms with Crippen LogP contribution in [0.4, 0.5) is 0 Å². The van der Waals surface area contributed by atoms with E-state index in [-0.39, 0.29) is 5.97 Å². The van der Waals surface area contributed by atoms with Crippen LogP contribution in [-0.4, -0.2) is 44.3 Å². The highest BCUT2D eigenvalue weighted by molar-refractivity contribution is 5.70. The van der Waals surface area contributed by atoms with Crippen LogP contribution in [0.1, 0.15) is 102 Å². The molecule has 0 amide bonds. The van der Waals surface area contributed by atoms with Crippen LogP contribution in [0.2, 0.25) is 0 Å². The lowest BCUT2D eigenvalue weighted by Crippen LogP contribution is -2.43. The van der Waals surface area contributed by atoms with Gasteiger partial charge in [0.05, 0.1) is 27.3 Å². The van der Waals surface area contributed by atoms with Gasteiger partial charge in [-0.1, -0.05) is 126 Å². The fourth-order valence-corrected chi connectivity index (χ4v) is 4.96. The Balaban J connectivity index is 1.53. The van der Waals surface area contributed by atoms with Gasteiger partial charge in [0, 0.05) is 12.0 Å². The van der Waals surface area contributed by atoms with Gasteiger partial charge in [-0.05, 0) is 24.5 Å². The van der Waals surface area contributed by atoms with Crippen molar-refractivity contribution in [2.45, 2.75) is 103 Å². The maximum atomic E-state index is 12.4. The zero-order chi connectivity index (χ0) is 27.3. The van der Waals surface area contributed by atoms with Crippen molar-refractivity contribution in [3.63, 3.8) is 0 Å². The van der Waals surface area contributed by atoms with Crippen LogP contribution in [0.3, 0.4) is 0 Å². The Labute approximate surface area is 233 Å². The fraction of sp³-hybridized carbons (Fsp3) is 0.618. The number of aryl methyl sites for hydroxylation is 1. The minimum Gasteiger partial charge on any atom is -0.493 e. The highest BCUT2D eigenvalue weighted by Crippen LogP contribution is 2.21. The SMILES string of the molecule is CCCCCCCCCCCCCCc1ccccc1OCCCOC(=O)C[N+](C)(C)Cc1ccccc1. The molecule has 0 radical (unpaired) electrons. The predicted octanol–water partition coefficient (Wildman–Crippen LogP) is 8.52. The molecule has 2 aromatic rings. The van der Waals surface area contributed by atoms with E-state index in [1.807, 2.05) is 24.3 Å². The second-order valence-electron chi connectivity index (χ2n) is 11.4. The van der Waals surface area contributed by atoms with Gasteiger partial charge in [-0.3, -0.25) is 0 Å². The summed E-state index contributed by atoms with van der Waals surface area (Å²) in [5, 5.41) is 0. The van der Waals surface area contributed by atoms with Crippen LogP contribution in [0, 0.1) is 0 Å². The predicted molar refractivity (Wildman–Crippen MR) is 159 cm³/mol. The van der Waals surface area contributed by atoms with Gasteiger partial charge in [0.2, 0.25) is 0 Å². The van der Waals surface area contributed by atoms with Gasteiger partial charge in [-0.2, -0.15) is 0 Å². The lowest BCUT2D eigenvalue weighted by atomic mass is 10.0. The minimum absolute atomic E-state index is 0.154. The second-order valence-corrected chi connectivity index (χ2v) is 11.4. The number of esters is 1. The van der Waals surface area contributed by atoms with E-state index in [9.17, 15) is 4.79 Å². The molecule has 38 heavy (non-hydrogen) atoms. The molecule has 4 heteroatoms. The molecule has 212 valence electrons. The Kier molecular flexibility index (Phi) is 16.5. The van der Waals surface area contributed by atoms with Crippen molar-refractivity contribution in [1.29, 1.82) is 0 Å². The maximum absolute atomic E-state index is 12.4. The van der Waals surface area contributed by atoms with Gasteiger partial charge in [-0.15, -0.1) is 0 Å². The Morgan fingerprint density at radius 2 is 1.26 bits per heavy atom. The van der Waals surface area contributed by atoms with Crippen LogP contribution in [0.5, 0.6) is 5.75 Å². The Hall–Kier alpha value is -2.33. The van der Waals surface area contributed by atoms with E-state index in [0.717, 1.165) is 18.7 Å². The molecule has 0 N–H and O–H groups in total. The lowest BCUT2D eigenvalue weighted by Gasteiger charge is -2.28. The molecule has 0 fully saturated rings. The Bertz CT molecular complexity index is 865. The number of carbonyl (C=O) groups is 1. The highest BCUT2D eigenvalue weighted by Gasteiger charge is 2.21. The molecular formula is C34H54NO3+. The van der Waals surface area contributed by atoms with E-state index in [1.54, 1.807) is 0 Å². The number of rotatable bonds is 22. The van der Waals surface area contributed by atoms with Gasteiger partial charge < -0.3 is 14.0 Å². The van der Waals surface area contributed by atoms with Gasteiger partial charge in [0.25, 0.3) is 0 Å². The van der Waals surface area contributed by atoms with Crippen LogP contribution >= 0.6 is 0 Å². The number of unbranched alkanes of at least 4 members (excludes halogenated alkanes) is 11. The van der Waals surface area contributed by atoms with E-state index in [4.69, 9.17) is 9.47 Å². The number of benzene rings is 2. The molecular weight excluding hydrogens is 470 g/mol. The fourth-order valence-electron chi connectivity index (χ4n) is 4.96. The topological polar surface area (TPSA) is 35.5 Å². The van der Waals surface area contributed by atoms with Gasteiger partial charge >= 0.3 is 5.97 Å². The number of para-hydroxylation sites is 1. The van der Waals surface area contributed by atoms with Crippen molar-refractivity contribution < 1.29 is 18.8 Å². The summed E-state index contributed by atoms with van der Waals surface area (Å²) >= 11 is 0. The molecule has 0 heterocycles. The molecule has 0 aliphatic rings. The average molecular weight is 525 g/mol. The summed E-state index contributed by atoms with van der Waals surface area (Å²) in [6.07, 6.45) is 18.2. The smallest absolute Gasteiger partial charge is 0.361 e. The lowest BCUT2D eigenvalue weighted by molar-refractivity contribution is -0.896. The van der Waals surface area contributed by atoms with E-state index >= 15 is 0 Å². The molecule has 0 atom stereocenters. The molecule has 0 unspecified atom stereocenters. The van der Waals surface area contributed by atoms with E-state index in [0.29, 0.717) is 30.7 Å². The zero-order valence-corrected chi connectivity index (χ0v) is 24.6. The largest absolute Gasteiger partial charge is 0.493 e. The number of ether oxygens (including phenoxy) is 2. The number of hydrogen-bond acceptors (Lipinski definition) is 3. The first-order chi connectivity index (χ1) is 18.5. The Morgan fingerprint density at radius 3 is 1.92 bits per heavy atom. The first kappa shape index (κ1) is 31.9. The third kappa shape index (κ3) is 15.2. The summed E-state index contributed by atoms with van der Waals surface area (Å²) in [4.78, 5) is 12.4. The van der Waals surface area contributed by atoms with Crippen molar-refractivity contribution >= 4 is 5.97 Å². The first-order valence-corrected chi connectivity index (χ1v) is 15.2. The maximum Gasteiger partial charge on any atom is 0.361 e. The quantitative estimate of drug-likeness (QED) is 0.0879. The molecule has 0 saturated carbocycles.